The van der Waals surface area contributed by atoms with Crippen molar-refractivity contribution in [3.8, 4) is 5.75 Å². The molecule has 0 aliphatic rings. The molecule has 1 aromatic carbocycles. The number of ether oxygens (including phenoxy) is 1. The molecule has 21 heavy (non-hydrogen) atoms. The van der Waals surface area contributed by atoms with E-state index in [1.807, 2.05) is 18.2 Å². The van der Waals surface area contributed by atoms with Gasteiger partial charge in [-0.2, -0.15) is 0 Å². The van der Waals surface area contributed by atoms with Crippen molar-refractivity contribution in [1.29, 1.82) is 0 Å². The average molecular weight is 292 g/mol. The van der Waals surface area contributed by atoms with Gasteiger partial charge in [0.1, 0.15) is 11.8 Å². The van der Waals surface area contributed by atoms with Crippen LogP contribution in [-0.4, -0.2) is 18.6 Å². The lowest BCUT2D eigenvalue weighted by Crippen LogP contribution is -2.35. The van der Waals surface area contributed by atoms with Crippen molar-refractivity contribution in [2.75, 3.05) is 6.54 Å². The van der Waals surface area contributed by atoms with Crippen LogP contribution in [0.2, 0.25) is 0 Å². The number of hydrogen-bond acceptors (Lipinski definition) is 4. The van der Waals surface area contributed by atoms with Crippen LogP contribution in [-0.2, 0) is 4.79 Å². The van der Waals surface area contributed by atoms with Crippen LogP contribution < -0.4 is 16.2 Å². The summed E-state index contributed by atoms with van der Waals surface area (Å²) in [5, 5.41) is 0. The van der Waals surface area contributed by atoms with E-state index in [0.717, 1.165) is 17.5 Å². The Balaban J connectivity index is 3.02. The molecule has 0 spiro atoms. The van der Waals surface area contributed by atoms with Crippen LogP contribution in [0.1, 0.15) is 63.5 Å². The van der Waals surface area contributed by atoms with Crippen molar-refractivity contribution in [2.24, 2.45) is 11.5 Å². The highest BCUT2D eigenvalue weighted by molar-refractivity contribution is 5.78. The first-order valence-electron chi connectivity index (χ1n) is 7.68. The second-order valence-corrected chi connectivity index (χ2v) is 6.03. The van der Waals surface area contributed by atoms with Crippen LogP contribution in [0.5, 0.6) is 5.75 Å². The SMILES string of the molecule is CC(C)c1cccc(C(C)C)c1OC(=O)C(N)CCCN. The lowest BCUT2D eigenvalue weighted by atomic mass is 9.94. The molecule has 0 amide bonds. The highest BCUT2D eigenvalue weighted by atomic mass is 16.5. The van der Waals surface area contributed by atoms with Crippen molar-refractivity contribution in [1.82, 2.24) is 0 Å². The predicted octanol–water partition coefficient (Wildman–Crippen LogP) is 2.91. The van der Waals surface area contributed by atoms with Gasteiger partial charge in [-0.05, 0) is 42.3 Å². The van der Waals surface area contributed by atoms with E-state index in [-0.39, 0.29) is 17.8 Å². The highest BCUT2D eigenvalue weighted by Gasteiger charge is 2.21. The van der Waals surface area contributed by atoms with E-state index in [0.29, 0.717) is 18.7 Å². The number of carbonyl (C=O) groups excluding carboxylic acids is 1. The van der Waals surface area contributed by atoms with Gasteiger partial charge in [-0.25, -0.2) is 4.79 Å². The lowest BCUT2D eigenvalue weighted by molar-refractivity contribution is -0.136. The number of esters is 1. The molecule has 0 aliphatic heterocycles. The summed E-state index contributed by atoms with van der Waals surface area (Å²) in [5.74, 6) is 0.868. The molecule has 0 aromatic heterocycles. The molecule has 4 N–H and O–H groups in total. The molecule has 0 saturated heterocycles. The third kappa shape index (κ3) is 4.83. The molecule has 118 valence electrons. The Bertz CT molecular complexity index is 444. The van der Waals surface area contributed by atoms with E-state index >= 15 is 0 Å². The average Bonchev–Trinajstić information content (AvgIpc) is 2.44. The van der Waals surface area contributed by atoms with Gasteiger partial charge >= 0.3 is 5.97 Å². The molecule has 0 saturated carbocycles. The first-order chi connectivity index (χ1) is 9.88. The molecule has 1 rings (SSSR count). The predicted molar refractivity (Wildman–Crippen MR) is 86.5 cm³/mol. The minimum atomic E-state index is -0.617. The number of hydrogen-bond donors (Lipinski definition) is 2. The minimum absolute atomic E-state index is 0.284. The maximum Gasteiger partial charge on any atom is 0.328 e. The quantitative estimate of drug-likeness (QED) is 0.598. The summed E-state index contributed by atoms with van der Waals surface area (Å²) in [6.07, 6.45) is 1.27. The monoisotopic (exact) mass is 292 g/mol. The molecule has 1 aromatic rings. The summed E-state index contributed by atoms with van der Waals surface area (Å²) in [5.41, 5.74) is 13.4. The van der Waals surface area contributed by atoms with E-state index in [1.165, 1.54) is 0 Å². The van der Waals surface area contributed by atoms with Gasteiger partial charge in [0.05, 0.1) is 0 Å². The van der Waals surface area contributed by atoms with Gasteiger partial charge < -0.3 is 16.2 Å². The van der Waals surface area contributed by atoms with Gasteiger partial charge in [-0.3, -0.25) is 0 Å². The van der Waals surface area contributed by atoms with Gasteiger partial charge in [0.25, 0.3) is 0 Å². The molecule has 4 heteroatoms. The maximum absolute atomic E-state index is 12.2. The highest BCUT2D eigenvalue weighted by Crippen LogP contribution is 2.34. The Morgan fingerprint density at radius 1 is 1.14 bits per heavy atom. The van der Waals surface area contributed by atoms with Gasteiger partial charge in [0.2, 0.25) is 0 Å². The summed E-state index contributed by atoms with van der Waals surface area (Å²) < 4.78 is 5.65. The standard InChI is InChI=1S/C17H28N2O2/c1-11(2)13-7-5-8-14(12(3)4)16(13)21-17(20)15(19)9-6-10-18/h5,7-8,11-12,15H,6,9-10,18-19H2,1-4H3. The normalized spacial score (nSPS) is 12.8. The number of nitrogens with two attached hydrogens (primary N) is 2. The molecule has 0 heterocycles. The van der Waals surface area contributed by atoms with Crippen molar-refractivity contribution in [2.45, 2.75) is 58.4 Å². The van der Waals surface area contributed by atoms with Crippen LogP contribution in [0.25, 0.3) is 0 Å². The summed E-state index contributed by atoms with van der Waals surface area (Å²) in [7, 11) is 0. The number of rotatable bonds is 7. The van der Waals surface area contributed by atoms with E-state index in [4.69, 9.17) is 16.2 Å². The van der Waals surface area contributed by atoms with Crippen LogP contribution in [0.3, 0.4) is 0 Å². The Morgan fingerprint density at radius 2 is 1.67 bits per heavy atom. The van der Waals surface area contributed by atoms with Crippen LogP contribution in [0, 0.1) is 0 Å². The first kappa shape index (κ1) is 17.7. The van der Waals surface area contributed by atoms with E-state index in [9.17, 15) is 4.79 Å². The fourth-order valence-corrected chi connectivity index (χ4v) is 2.23. The third-order valence-electron chi connectivity index (χ3n) is 3.54. The second-order valence-electron chi connectivity index (χ2n) is 6.03. The van der Waals surface area contributed by atoms with E-state index in [1.54, 1.807) is 0 Å². The zero-order valence-electron chi connectivity index (χ0n) is 13.6. The molecule has 1 atom stereocenters. The fourth-order valence-electron chi connectivity index (χ4n) is 2.23. The molecule has 0 aliphatic carbocycles. The molecule has 0 fully saturated rings. The minimum Gasteiger partial charge on any atom is -0.425 e. The van der Waals surface area contributed by atoms with E-state index in [2.05, 4.69) is 27.7 Å². The summed E-state index contributed by atoms with van der Waals surface area (Å²) in [6, 6.07) is 5.40. The largest absolute Gasteiger partial charge is 0.425 e. The van der Waals surface area contributed by atoms with Crippen molar-refractivity contribution in [3.63, 3.8) is 0 Å². The van der Waals surface area contributed by atoms with Crippen molar-refractivity contribution < 1.29 is 9.53 Å². The Labute approximate surface area is 127 Å². The van der Waals surface area contributed by atoms with Crippen molar-refractivity contribution >= 4 is 5.97 Å². The molecule has 0 radical (unpaired) electrons. The zero-order chi connectivity index (χ0) is 16.0. The van der Waals surface area contributed by atoms with Crippen molar-refractivity contribution in [3.05, 3.63) is 29.3 Å². The Morgan fingerprint density at radius 3 is 2.10 bits per heavy atom. The lowest BCUT2D eigenvalue weighted by Gasteiger charge is -2.20. The Kier molecular flexibility index (Phi) is 6.85. The number of para-hydroxylation sites is 1. The molecule has 4 nitrogen and oxygen atoms in total. The van der Waals surface area contributed by atoms with Gasteiger partial charge in [0.15, 0.2) is 0 Å². The third-order valence-corrected chi connectivity index (χ3v) is 3.54. The smallest absolute Gasteiger partial charge is 0.328 e. The fraction of sp³-hybridized carbons (Fsp3) is 0.588. The summed E-state index contributed by atoms with van der Waals surface area (Å²) in [6.45, 7) is 8.88. The van der Waals surface area contributed by atoms with Crippen LogP contribution >= 0.6 is 0 Å². The summed E-state index contributed by atoms with van der Waals surface area (Å²) >= 11 is 0. The van der Waals surface area contributed by atoms with E-state index < -0.39 is 6.04 Å². The van der Waals surface area contributed by atoms with Gasteiger partial charge in [-0.1, -0.05) is 45.9 Å². The molecular weight excluding hydrogens is 264 g/mol. The van der Waals surface area contributed by atoms with Gasteiger partial charge in [0, 0.05) is 0 Å². The summed E-state index contributed by atoms with van der Waals surface area (Å²) in [4.78, 5) is 12.2. The first-order valence-corrected chi connectivity index (χ1v) is 7.68. The molecule has 0 bridgehead atoms. The molecular formula is C17H28N2O2. The zero-order valence-corrected chi connectivity index (χ0v) is 13.6. The second kappa shape index (κ2) is 8.15. The topological polar surface area (TPSA) is 78.3 Å². The molecule has 1 unspecified atom stereocenters. The number of benzene rings is 1. The van der Waals surface area contributed by atoms with Crippen LogP contribution in [0.15, 0.2) is 18.2 Å². The maximum atomic E-state index is 12.2. The Hall–Kier alpha value is -1.39. The van der Waals surface area contributed by atoms with Crippen LogP contribution in [0.4, 0.5) is 0 Å². The number of carbonyl (C=O) groups is 1. The van der Waals surface area contributed by atoms with Gasteiger partial charge in [-0.15, -0.1) is 0 Å².